The molecule has 4 nitrogen and oxygen atoms in total. The SMILES string of the molecule is Cc1c(Cl)cccc1[C@]1(N)CCN(C(=O)OC(C)(C)C)C1. The van der Waals surface area contributed by atoms with Crippen LogP contribution in [0.15, 0.2) is 18.2 Å². The molecule has 2 N–H and O–H groups in total. The van der Waals surface area contributed by atoms with Gasteiger partial charge in [0.2, 0.25) is 0 Å². The lowest BCUT2D eigenvalue weighted by Gasteiger charge is -2.28. The van der Waals surface area contributed by atoms with Crippen molar-refractivity contribution in [2.24, 2.45) is 5.73 Å². The molecule has 0 unspecified atom stereocenters. The summed E-state index contributed by atoms with van der Waals surface area (Å²) in [6.07, 6.45) is 0.391. The summed E-state index contributed by atoms with van der Waals surface area (Å²) >= 11 is 6.18. The molecule has 5 heteroatoms. The number of amides is 1. The number of halogens is 1. The molecule has 0 bridgehead atoms. The lowest BCUT2D eigenvalue weighted by atomic mass is 9.87. The molecular weight excluding hydrogens is 288 g/mol. The maximum absolute atomic E-state index is 12.2. The third kappa shape index (κ3) is 3.50. The summed E-state index contributed by atoms with van der Waals surface area (Å²) in [5.41, 5.74) is 7.45. The van der Waals surface area contributed by atoms with E-state index in [1.807, 2.05) is 45.9 Å². The Morgan fingerprint density at radius 1 is 1.43 bits per heavy atom. The van der Waals surface area contributed by atoms with Gasteiger partial charge >= 0.3 is 6.09 Å². The Morgan fingerprint density at radius 2 is 2.10 bits per heavy atom. The Morgan fingerprint density at radius 3 is 2.71 bits per heavy atom. The molecule has 0 aliphatic carbocycles. The topological polar surface area (TPSA) is 55.6 Å². The van der Waals surface area contributed by atoms with Crippen molar-refractivity contribution in [3.8, 4) is 0 Å². The molecule has 1 amide bonds. The molecule has 1 heterocycles. The molecular formula is C16H23ClN2O2. The summed E-state index contributed by atoms with van der Waals surface area (Å²) in [6, 6.07) is 5.74. The lowest BCUT2D eigenvalue weighted by Crippen LogP contribution is -2.43. The van der Waals surface area contributed by atoms with E-state index in [0.29, 0.717) is 24.5 Å². The second-order valence-electron chi connectivity index (χ2n) is 6.72. The smallest absolute Gasteiger partial charge is 0.410 e. The number of ether oxygens (including phenoxy) is 1. The van der Waals surface area contributed by atoms with Gasteiger partial charge in [-0.2, -0.15) is 0 Å². The Labute approximate surface area is 131 Å². The highest BCUT2D eigenvalue weighted by Crippen LogP contribution is 2.34. The number of benzene rings is 1. The van der Waals surface area contributed by atoms with Crippen LogP contribution in [0.1, 0.15) is 38.3 Å². The first-order valence-corrected chi connectivity index (χ1v) is 7.53. The molecule has 116 valence electrons. The predicted molar refractivity (Wildman–Crippen MR) is 84.5 cm³/mol. The Bertz CT molecular complexity index is 554. The largest absolute Gasteiger partial charge is 0.444 e. The molecule has 1 aromatic carbocycles. The van der Waals surface area contributed by atoms with Crippen LogP contribution < -0.4 is 5.73 Å². The molecule has 1 aliphatic rings. The van der Waals surface area contributed by atoms with Gasteiger partial charge in [-0.3, -0.25) is 0 Å². The molecule has 1 atom stereocenters. The van der Waals surface area contributed by atoms with E-state index in [1.165, 1.54) is 0 Å². The highest BCUT2D eigenvalue weighted by Gasteiger charge is 2.40. The minimum absolute atomic E-state index is 0.311. The van der Waals surface area contributed by atoms with Gasteiger partial charge in [-0.25, -0.2) is 4.79 Å². The minimum atomic E-state index is -0.564. The number of nitrogens with two attached hydrogens (primary N) is 1. The number of hydrogen-bond acceptors (Lipinski definition) is 3. The first-order valence-electron chi connectivity index (χ1n) is 7.15. The van der Waals surface area contributed by atoms with Crippen molar-refractivity contribution in [3.63, 3.8) is 0 Å². The molecule has 0 radical (unpaired) electrons. The average molecular weight is 311 g/mol. The van der Waals surface area contributed by atoms with E-state index < -0.39 is 11.1 Å². The molecule has 0 saturated carbocycles. The second-order valence-corrected chi connectivity index (χ2v) is 7.13. The monoisotopic (exact) mass is 310 g/mol. The molecule has 1 aliphatic heterocycles. The zero-order valence-electron chi connectivity index (χ0n) is 13.1. The zero-order valence-corrected chi connectivity index (χ0v) is 13.8. The predicted octanol–water partition coefficient (Wildman–Crippen LogP) is 3.44. The molecule has 1 fully saturated rings. The zero-order chi connectivity index (χ0) is 15.8. The summed E-state index contributed by atoms with van der Waals surface area (Å²) in [7, 11) is 0. The van der Waals surface area contributed by atoms with Crippen molar-refractivity contribution in [1.29, 1.82) is 0 Å². The number of likely N-dealkylation sites (tertiary alicyclic amines) is 1. The first-order chi connectivity index (χ1) is 9.62. The van der Waals surface area contributed by atoms with Gasteiger partial charge in [0.15, 0.2) is 0 Å². The Hall–Kier alpha value is -1.26. The van der Waals surface area contributed by atoms with Crippen molar-refractivity contribution >= 4 is 17.7 Å². The number of hydrogen-bond donors (Lipinski definition) is 1. The van der Waals surface area contributed by atoms with Gasteiger partial charge in [-0.1, -0.05) is 23.7 Å². The van der Waals surface area contributed by atoms with Gasteiger partial charge in [0.05, 0.1) is 5.54 Å². The number of rotatable bonds is 1. The van der Waals surface area contributed by atoms with Gasteiger partial charge in [0.1, 0.15) is 5.60 Å². The highest BCUT2D eigenvalue weighted by atomic mass is 35.5. The fourth-order valence-electron chi connectivity index (χ4n) is 2.68. The van der Waals surface area contributed by atoms with Crippen molar-refractivity contribution < 1.29 is 9.53 Å². The summed E-state index contributed by atoms with van der Waals surface area (Å²) in [4.78, 5) is 13.8. The van der Waals surface area contributed by atoms with Crippen LogP contribution in [0.5, 0.6) is 0 Å². The van der Waals surface area contributed by atoms with Crippen LogP contribution in [0.3, 0.4) is 0 Å². The third-order valence-electron chi connectivity index (χ3n) is 3.76. The maximum atomic E-state index is 12.2. The standard InChI is InChI=1S/C16H23ClN2O2/c1-11-12(6-5-7-13(11)17)16(18)8-9-19(10-16)14(20)21-15(2,3)4/h5-7H,8-10,18H2,1-4H3/t16-/m0/s1. The van der Waals surface area contributed by atoms with Gasteiger partial charge in [-0.05, 0) is 51.3 Å². The first kappa shape index (κ1) is 16.1. The van der Waals surface area contributed by atoms with Gasteiger partial charge in [-0.15, -0.1) is 0 Å². The molecule has 2 rings (SSSR count). The maximum Gasteiger partial charge on any atom is 0.410 e. The molecule has 0 spiro atoms. The van der Waals surface area contributed by atoms with Crippen LogP contribution >= 0.6 is 11.6 Å². The van der Waals surface area contributed by atoms with E-state index >= 15 is 0 Å². The number of carbonyl (C=O) groups excluding carboxylic acids is 1. The summed E-state index contributed by atoms with van der Waals surface area (Å²) in [5.74, 6) is 0. The summed E-state index contributed by atoms with van der Waals surface area (Å²) in [6.45, 7) is 8.58. The van der Waals surface area contributed by atoms with Crippen molar-refractivity contribution in [2.45, 2.75) is 45.3 Å². The molecule has 21 heavy (non-hydrogen) atoms. The van der Waals surface area contributed by atoms with Crippen LogP contribution in [0, 0.1) is 6.92 Å². The van der Waals surface area contributed by atoms with E-state index in [0.717, 1.165) is 11.1 Å². The molecule has 1 saturated heterocycles. The van der Waals surface area contributed by atoms with Crippen LogP contribution in [0.25, 0.3) is 0 Å². The van der Waals surface area contributed by atoms with E-state index in [4.69, 9.17) is 22.1 Å². The Kier molecular flexibility index (Phi) is 4.22. The highest BCUT2D eigenvalue weighted by molar-refractivity contribution is 6.31. The fraction of sp³-hybridized carbons (Fsp3) is 0.562. The summed E-state index contributed by atoms with van der Waals surface area (Å²) < 4.78 is 5.41. The van der Waals surface area contributed by atoms with Gasteiger partial charge in [0, 0.05) is 18.1 Å². The molecule has 1 aromatic rings. The molecule has 0 aromatic heterocycles. The van der Waals surface area contributed by atoms with E-state index in [9.17, 15) is 4.79 Å². The van der Waals surface area contributed by atoms with Gasteiger partial charge in [0.25, 0.3) is 0 Å². The summed E-state index contributed by atoms with van der Waals surface area (Å²) in [5, 5.41) is 0.702. The normalized spacial score (nSPS) is 22.5. The number of carbonyl (C=O) groups is 1. The van der Waals surface area contributed by atoms with Crippen LogP contribution in [-0.2, 0) is 10.3 Å². The van der Waals surface area contributed by atoms with Crippen molar-refractivity contribution in [3.05, 3.63) is 34.3 Å². The minimum Gasteiger partial charge on any atom is -0.444 e. The number of nitrogens with zero attached hydrogens (tertiary/aromatic N) is 1. The fourth-order valence-corrected chi connectivity index (χ4v) is 2.86. The van der Waals surface area contributed by atoms with E-state index in [-0.39, 0.29) is 6.09 Å². The van der Waals surface area contributed by atoms with Crippen molar-refractivity contribution in [1.82, 2.24) is 4.90 Å². The van der Waals surface area contributed by atoms with Crippen LogP contribution in [0.2, 0.25) is 5.02 Å². The Balaban J connectivity index is 2.17. The van der Waals surface area contributed by atoms with Crippen LogP contribution in [-0.4, -0.2) is 29.7 Å². The quantitative estimate of drug-likeness (QED) is 0.864. The van der Waals surface area contributed by atoms with Crippen molar-refractivity contribution in [2.75, 3.05) is 13.1 Å². The van der Waals surface area contributed by atoms with E-state index in [2.05, 4.69) is 0 Å². The second kappa shape index (κ2) is 5.50. The van der Waals surface area contributed by atoms with Crippen LogP contribution in [0.4, 0.5) is 4.79 Å². The van der Waals surface area contributed by atoms with Gasteiger partial charge < -0.3 is 15.4 Å². The average Bonchev–Trinajstić information content (AvgIpc) is 2.74. The van der Waals surface area contributed by atoms with E-state index in [1.54, 1.807) is 4.90 Å². The third-order valence-corrected chi connectivity index (χ3v) is 4.17. The lowest BCUT2D eigenvalue weighted by molar-refractivity contribution is 0.0284.